The van der Waals surface area contributed by atoms with Crippen LogP contribution in [-0.2, 0) is 16.6 Å². The number of halogens is 1. The number of carbonyl (C=O) groups is 1. The topological polar surface area (TPSA) is 92.2 Å². The molecule has 0 unspecified atom stereocenters. The molecule has 0 spiro atoms. The monoisotopic (exact) mass is 676 g/mol. The van der Waals surface area contributed by atoms with Gasteiger partial charge in [-0.2, -0.15) is 14.4 Å². The van der Waals surface area contributed by atoms with Gasteiger partial charge in [0.1, 0.15) is 5.75 Å². The number of benzene rings is 4. The fourth-order valence-corrected chi connectivity index (χ4v) is 7.15. The van der Waals surface area contributed by atoms with Gasteiger partial charge in [0, 0.05) is 22.6 Å². The first-order valence-corrected chi connectivity index (χ1v) is 16.4. The average molecular weight is 678 g/mol. The molecule has 8 nitrogen and oxygen atoms in total. The molecule has 5 aromatic rings. The molecule has 0 atom stereocenters. The Labute approximate surface area is 263 Å². The summed E-state index contributed by atoms with van der Waals surface area (Å²) in [5.74, 6) is 0.228. The second-order valence-electron chi connectivity index (χ2n) is 9.90. The highest BCUT2D eigenvalue weighted by Gasteiger charge is 2.28. The molecule has 0 saturated carbocycles. The second kappa shape index (κ2) is 13.2. The first kappa shape index (κ1) is 30.6. The quantitative estimate of drug-likeness (QED) is 0.114. The zero-order chi connectivity index (χ0) is 30.6. The lowest BCUT2D eigenvalue weighted by atomic mass is 10.2. The highest BCUT2D eigenvalue weighted by atomic mass is 79.9. The number of sulfonamides is 1. The average Bonchev–Trinajstić information content (AvgIpc) is 3.44. The van der Waals surface area contributed by atoms with Crippen molar-refractivity contribution in [3.63, 3.8) is 0 Å². The van der Waals surface area contributed by atoms with Gasteiger partial charge in [-0.3, -0.25) is 4.79 Å². The SMILES string of the molecule is COc1ccc2nc(N(/N=C/c3ccc(Br)cc3)C(=O)c3ccc(S(=O)(=O)N(Cc4ccccc4)C(C)C)cc3)sc2c1. The van der Waals surface area contributed by atoms with Crippen molar-refractivity contribution in [3.05, 3.63) is 118 Å². The zero-order valence-electron chi connectivity index (χ0n) is 23.7. The van der Waals surface area contributed by atoms with E-state index in [1.807, 2.05) is 80.6 Å². The van der Waals surface area contributed by atoms with Crippen LogP contribution in [0.15, 0.2) is 112 Å². The van der Waals surface area contributed by atoms with Crippen LogP contribution >= 0.6 is 27.3 Å². The van der Waals surface area contributed by atoms with E-state index in [0.29, 0.717) is 16.4 Å². The van der Waals surface area contributed by atoms with Crippen molar-refractivity contribution in [2.24, 2.45) is 5.10 Å². The molecule has 4 aromatic carbocycles. The maximum Gasteiger partial charge on any atom is 0.280 e. The van der Waals surface area contributed by atoms with Crippen LogP contribution in [0, 0.1) is 0 Å². The third kappa shape index (κ3) is 7.02. The van der Waals surface area contributed by atoms with Crippen LogP contribution < -0.4 is 9.75 Å². The summed E-state index contributed by atoms with van der Waals surface area (Å²) in [5.41, 5.74) is 2.64. The van der Waals surface area contributed by atoms with E-state index in [-0.39, 0.29) is 23.0 Å². The molecule has 1 amide bonds. The number of rotatable bonds is 10. The molecule has 43 heavy (non-hydrogen) atoms. The molecule has 0 aliphatic carbocycles. The number of thiazole rings is 1. The van der Waals surface area contributed by atoms with Gasteiger partial charge in [-0.05, 0) is 79.6 Å². The van der Waals surface area contributed by atoms with Gasteiger partial charge in [0.05, 0.1) is 28.4 Å². The number of hydrogen-bond acceptors (Lipinski definition) is 7. The standard InChI is InChI=1S/C32H29BrN4O4S2/c1-22(2)36(21-24-7-5-4-6-8-24)43(39,40)28-16-11-25(12-17-28)31(38)37(34-20-23-9-13-26(33)14-10-23)32-35-29-18-15-27(41-3)19-30(29)42-32/h4-20,22H,21H2,1-3H3/b34-20+. The normalized spacial score (nSPS) is 12.0. The van der Waals surface area contributed by atoms with Crippen LogP contribution in [0.3, 0.4) is 0 Å². The van der Waals surface area contributed by atoms with E-state index in [9.17, 15) is 13.2 Å². The highest BCUT2D eigenvalue weighted by Crippen LogP contribution is 2.33. The van der Waals surface area contributed by atoms with Crippen LogP contribution in [0.25, 0.3) is 10.2 Å². The van der Waals surface area contributed by atoms with E-state index < -0.39 is 15.9 Å². The highest BCUT2D eigenvalue weighted by molar-refractivity contribution is 9.10. The predicted molar refractivity (Wildman–Crippen MR) is 175 cm³/mol. The van der Waals surface area contributed by atoms with Crippen molar-refractivity contribution in [2.75, 3.05) is 12.1 Å². The summed E-state index contributed by atoms with van der Waals surface area (Å²) >= 11 is 4.73. The molecular weight excluding hydrogens is 648 g/mol. The molecule has 220 valence electrons. The minimum Gasteiger partial charge on any atom is -0.497 e. The minimum atomic E-state index is -3.83. The van der Waals surface area contributed by atoms with Crippen LogP contribution in [0.4, 0.5) is 5.13 Å². The summed E-state index contributed by atoms with van der Waals surface area (Å²) in [4.78, 5) is 18.6. The Kier molecular flexibility index (Phi) is 9.36. The Morgan fingerprint density at radius 2 is 1.70 bits per heavy atom. The van der Waals surface area contributed by atoms with Gasteiger partial charge >= 0.3 is 0 Å². The fraction of sp³-hybridized carbons (Fsp3) is 0.156. The van der Waals surface area contributed by atoms with Crippen molar-refractivity contribution in [1.82, 2.24) is 9.29 Å². The first-order chi connectivity index (χ1) is 20.7. The van der Waals surface area contributed by atoms with E-state index in [1.54, 1.807) is 19.4 Å². The fourth-order valence-electron chi connectivity index (χ4n) is 4.31. The largest absolute Gasteiger partial charge is 0.497 e. The Hall–Kier alpha value is -3.90. The molecule has 0 fully saturated rings. The molecule has 0 radical (unpaired) electrons. The maximum atomic E-state index is 13.9. The molecule has 1 aromatic heterocycles. The number of nitrogens with zero attached hydrogens (tertiary/aromatic N) is 4. The molecule has 5 rings (SSSR count). The lowest BCUT2D eigenvalue weighted by Gasteiger charge is -2.26. The molecule has 0 N–H and O–H groups in total. The number of fused-ring (bicyclic) bond motifs is 1. The Morgan fingerprint density at radius 3 is 2.35 bits per heavy atom. The Bertz CT molecular complexity index is 1860. The van der Waals surface area contributed by atoms with Crippen molar-refractivity contribution in [3.8, 4) is 5.75 Å². The Balaban J connectivity index is 1.47. The van der Waals surface area contributed by atoms with Gasteiger partial charge in [0.15, 0.2) is 0 Å². The van der Waals surface area contributed by atoms with Crippen molar-refractivity contribution in [2.45, 2.75) is 31.3 Å². The summed E-state index contributed by atoms with van der Waals surface area (Å²) in [6.07, 6.45) is 1.58. The summed E-state index contributed by atoms with van der Waals surface area (Å²) in [7, 11) is -2.24. The summed E-state index contributed by atoms with van der Waals surface area (Å²) in [6, 6.07) is 28.1. The molecule has 0 aliphatic rings. The molecule has 1 heterocycles. The second-order valence-corrected chi connectivity index (χ2v) is 13.7. The third-order valence-corrected chi connectivity index (χ3v) is 10.2. The van der Waals surface area contributed by atoms with Crippen molar-refractivity contribution >= 4 is 64.8 Å². The zero-order valence-corrected chi connectivity index (χ0v) is 26.9. The molecule has 0 aliphatic heterocycles. The molecule has 11 heteroatoms. The number of carbonyl (C=O) groups excluding carboxylic acids is 1. The van der Waals surface area contributed by atoms with Gasteiger partial charge in [-0.1, -0.05) is 69.7 Å². The molecule has 0 bridgehead atoms. The van der Waals surface area contributed by atoms with Crippen LogP contribution in [0.2, 0.25) is 0 Å². The minimum absolute atomic E-state index is 0.102. The number of ether oxygens (including phenoxy) is 1. The third-order valence-electron chi connectivity index (χ3n) is 6.62. The van der Waals surface area contributed by atoms with Gasteiger partial charge in [-0.25, -0.2) is 13.4 Å². The van der Waals surface area contributed by atoms with E-state index in [1.165, 1.54) is 44.9 Å². The van der Waals surface area contributed by atoms with Crippen LogP contribution in [0.5, 0.6) is 5.75 Å². The lowest BCUT2D eigenvalue weighted by Crippen LogP contribution is -2.36. The Morgan fingerprint density at radius 1 is 1.00 bits per heavy atom. The van der Waals surface area contributed by atoms with E-state index in [2.05, 4.69) is 26.0 Å². The summed E-state index contributed by atoms with van der Waals surface area (Å²) in [6.45, 7) is 3.92. The number of amides is 1. The van der Waals surface area contributed by atoms with Gasteiger partial charge in [0.25, 0.3) is 5.91 Å². The van der Waals surface area contributed by atoms with Crippen LogP contribution in [0.1, 0.15) is 35.3 Å². The molecular formula is C32H29BrN4O4S2. The number of anilines is 1. The van der Waals surface area contributed by atoms with Crippen LogP contribution in [-0.4, -0.2) is 43.0 Å². The predicted octanol–water partition coefficient (Wildman–Crippen LogP) is 7.35. The summed E-state index contributed by atoms with van der Waals surface area (Å²) < 4.78 is 35.8. The van der Waals surface area contributed by atoms with Gasteiger partial charge in [-0.15, -0.1) is 0 Å². The molecule has 0 saturated heterocycles. The van der Waals surface area contributed by atoms with E-state index in [0.717, 1.165) is 20.3 Å². The smallest absolute Gasteiger partial charge is 0.280 e. The van der Waals surface area contributed by atoms with E-state index in [4.69, 9.17) is 4.74 Å². The number of methoxy groups -OCH3 is 1. The maximum absolute atomic E-state index is 13.9. The first-order valence-electron chi connectivity index (χ1n) is 13.4. The van der Waals surface area contributed by atoms with E-state index >= 15 is 0 Å². The van der Waals surface area contributed by atoms with Crippen molar-refractivity contribution < 1.29 is 17.9 Å². The van der Waals surface area contributed by atoms with Crippen molar-refractivity contribution in [1.29, 1.82) is 0 Å². The summed E-state index contributed by atoms with van der Waals surface area (Å²) in [5, 5.41) is 6.11. The van der Waals surface area contributed by atoms with Gasteiger partial charge < -0.3 is 4.74 Å². The number of hydrogen-bond donors (Lipinski definition) is 0. The lowest BCUT2D eigenvalue weighted by molar-refractivity contribution is 0.0987. The number of hydrazone groups is 1. The number of aromatic nitrogens is 1. The van der Waals surface area contributed by atoms with Gasteiger partial charge in [0.2, 0.25) is 15.2 Å².